The Morgan fingerprint density at radius 2 is 1.52 bits per heavy atom. The number of hydrogen-bond donors (Lipinski definition) is 0. The average Bonchev–Trinajstić information content (AvgIpc) is 3.16. The number of ether oxygens (including phenoxy) is 2. The maximum Gasteiger partial charge on any atom is 0.340 e. The molecule has 0 bridgehead atoms. The number of benzene rings is 1. The summed E-state index contributed by atoms with van der Waals surface area (Å²) in [6.45, 7) is 4.49. The van der Waals surface area contributed by atoms with Gasteiger partial charge in [0.05, 0.1) is 13.2 Å². The van der Waals surface area contributed by atoms with Crippen LogP contribution < -0.4 is 4.90 Å². The quantitative estimate of drug-likeness (QED) is 0.503. The molecule has 1 aliphatic rings. The lowest BCUT2D eigenvalue weighted by Crippen LogP contribution is -2.52. The monoisotopic (exact) mass is 347 g/mol. The fourth-order valence-corrected chi connectivity index (χ4v) is 3.24. The smallest absolute Gasteiger partial charge is 0.340 e. The van der Waals surface area contributed by atoms with Crippen LogP contribution in [0.1, 0.15) is 52.4 Å². The van der Waals surface area contributed by atoms with Gasteiger partial charge >= 0.3 is 11.9 Å². The molecule has 0 radical (unpaired) electrons. The van der Waals surface area contributed by atoms with Crippen molar-refractivity contribution in [2.45, 2.75) is 64.5 Å². The Bertz CT molecular complexity index is 520. The summed E-state index contributed by atoms with van der Waals surface area (Å²) in [7, 11) is 0. The molecule has 0 spiro atoms. The number of esters is 2. The Morgan fingerprint density at radius 1 is 1.00 bits per heavy atom. The Labute approximate surface area is 150 Å². The topological polar surface area (TPSA) is 55.8 Å². The average molecular weight is 347 g/mol. The fraction of sp³-hybridized carbons (Fsp3) is 0.600. The molecule has 5 heteroatoms. The molecular weight excluding hydrogens is 318 g/mol. The van der Waals surface area contributed by atoms with Gasteiger partial charge in [0, 0.05) is 11.7 Å². The zero-order valence-electron chi connectivity index (χ0n) is 15.3. The lowest BCUT2D eigenvalue weighted by Gasteiger charge is -2.35. The van der Waals surface area contributed by atoms with E-state index in [-0.39, 0.29) is 6.04 Å². The first-order valence-electron chi connectivity index (χ1n) is 9.35. The van der Waals surface area contributed by atoms with Crippen LogP contribution in [0, 0.1) is 0 Å². The number of anilines is 1. The second-order valence-electron chi connectivity index (χ2n) is 6.42. The van der Waals surface area contributed by atoms with E-state index >= 15 is 0 Å². The number of carbonyl (C=O) groups is 2. The van der Waals surface area contributed by atoms with Gasteiger partial charge in [-0.2, -0.15) is 0 Å². The molecule has 0 atom stereocenters. The summed E-state index contributed by atoms with van der Waals surface area (Å²) in [6, 6.07) is 8.75. The SMILES string of the molecule is CCCOC(=O)C(C(=O)OCCC)N(c1ccccc1)C1CCCC1. The van der Waals surface area contributed by atoms with Crippen LogP contribution in [-0.4, -0.2) is 37.2 Å². The molecule has 0 amide bonds. The largest absolute Gasteiger partial charge is 0.464 e. The molecule has 0 unspecified atom stereocenters. The van der Waals surface area contributed by atoms with E-state index in [1.807, 2.05) is 49.1 Å². The number of rotatable bonds is 9. The summed E-state index contributed by atoms with van der Waals surface area (Å²) in [4.78, 5) is 27.3. The number of hydrogen-bond acceptors (Lipinski definition) is 5. The molecule has 1 aromatic carbocycles. The second-order valence-corrected chi connectivity index (χ2v) is 6.42. The lowest BCUT2D eigenvalue weighted by molar-refractivity contribution is -0.157. The highest BCUT2D eigenvalue weighted by atomic mass is 16.6. The van der Waals surface area contributed by atoms with Crippen LogP contribution in [0.5, 0.6) is 0 Å². The van der Waals surface area contributed by atoms with Crippen molar-refractivity contribution < 1.29 is 19.1 Å². The minimum Gasteiger partial charge on any atom is -0.464 e. The third-order valence-electron chi connectivity index (χ3n) is 4.39. The predicted molar refractivity (Wildman–Crippen MR) is 97.5 cm³/mol. The molecular formula is C20H29NO4. The molecule has 2 rings (SSSR count). The van der Waals surface area contributed by atoms with Crippen molar-refractivity contribution in [2.24, 2.45) is 0 Å². The van der Waals surface area contributed by atoms with Gasteiger partial charge in [0.1, 0.15) is 0 Å². The minimum absolute atomic E-state index is 0.149. The van der Waals surface area contributed by atoms with Gasteiger partial charge in [0.2, 0.25) is 6.04 Å². The summed E-state index contributed by atoms with van der Waals surface area (Å²) in [5.41, 5.74) is 0.862. The van der Waals surface area contributed by atoms with Gasteiger partial charge in [-0.3, -0.25) is 0 Å². The molecule has 1 fully saturated rings. The number of nitrogens with zero attached hydrogens (tertiary/aromatic N) is 1. The van der Waals surface area contributed by atoms with Crippen molar-refractivity contribution in [1.82, 2.24) is 0 Å². The summed E-state index contributed by atoms with van der Waals surface area (Å²) in [5, 5.41) is 0. The van der Waals surface area contributed by atoms with Crippen LogP contribution in [0.4, 0.5) is 5.69 Å². The van der Waals surface area contributed by atoms with Crippen molar-refractivity contribution in [1.29, 1.82) is 0 Å². The molecule has 5 nitrogen and oxygen atoms in total. The van der Waals surface area contributed by atoms with Gasteiger partial charge in [0.15, 0.2) is 0 Å². The van der Waals surface area contributed by atoms with Gasteiger partial charge < -0.3 is 14.4 Å². The molecule has 0 N–H and O–H groups in total. The zero-order valence-corrected chi connectivity index (χ0v) is 15.3. The third kappa shape index (κ3) is 5.21. The number of para-hydroxylation sites is 1. The van der Waals surface area contributed by atoms with Gasteiger partial charge in [-0.15, -0.1) is 0 Å². The highest BCUT2D eigenvalue weighted by Crippen LogP contribution is 2.31. The van der Waals surface area contributed by atoms with Gasteiger partial charge in [-0.05, 0) is 37.8 Å². The third-order valence-corrected chi connectivity index (χ3v) is 4.39. The van der Waals surface area contributed by atoms with Crippen LogP contribution in [0.3, 0.4) is 0 Å². The maximum absolute atomic E-state index is 12.7. The summed E-state index contributed by atoms with van der Waals surface area (Å²) in [5.74, 6) is -1.03. The molecule has 1 saturated carbocycles. The Morgan fingerprint density at radius 3 is 2.00 bits per heavy atom. The van der Waals surface area contributed by atoms with E-state index in [9.17, 15) is 9.59 Å². The van der Waals surface area contributed by atoms with E-state index in [1.54, 1.807) is 0 Å². The zero-order chi connectivity index (χ0) is 18.1. The predicted octanol–water partition coefficient (Wildman–Crippen LogP) is 3.71. The minimum atomic E-state index is -1.04. The van der Waals surface area contributed by atoms with Crippen molar-refractivity contribution in [3.05, 3.63) is 30.3 Å². The molecule has 138 valence electrons. The van der Waals surface area contributed by atoms with Crippen LogP contribution >= 0.6 is 0 Å². The van der Waals surface area contributed by atoms with E-state index in [0.29, 0.717) is 13.2 Å². The molecule has 0 saturated heterocycles. The van der Waals surface area contributed by atoms with E-state index < -0.39 is 18.0 Å². The Hall–Kier alpha value is -2.04. The molecule has 0 aliphatic heterocycles. The van der Waals surface area contributed by atoms with Gasteiger partial charge in [0.25, 0.3) is 0 Å². The number of carbonyl (C=O) groups excluding carboxylic acids is 2. The molecule has 0 heterocycles. The molecule has 1 aromatic rings. The second kappa shape index (κ2) is 10.1. The van der Waals surface area contributed by atoms with Crippen LogP contribution in [0.2, 0.25) is 0 Å². The van der Waals surface area contributed by atoms with Crippen LogP contribution in [0.15, 0.2) is 30.3 Å². The first-order valence-corrected chi connectivity index (χ1v) is 9.35. The van der Waals surface area contributed by atoms with E-state index in [2.05, 4.69) is 0 Å². The summed E-state index contributed by atoms with van der Waals surface area (Å²) < 4.78 is 10.7. The van der Waals surface area contributed by atoms with E-state index in [1.165, 1.54) is 0 Å². The normalized spacial score (nSPS) is 14.5. The van der Waals surface area contributed by atoms with Gasteiger partial charge in [-0.1, -0.05) is 44.9 Å². The van der Waals surface area contributed by atoms with E-state index in [4.69, 9.17) is 9.47 Å². The maximum atomic E-state index is 12.7. The first-order chi connectivity index (χ1) is 12.2. The van der Waals surface area contributed by atoms with Crippen LogP contribution in [0.25, 0.3) is 0 Å². The van der Waals surface area contributed by atoms with Crippen molar-refractivity contribution in [3.63, 3.8) is 0 Å². The fourth-order valence-electron chi connectivity index (χ4n) is 3.24. The van der Waals surface area contributed by atoms with Crippen molar-refractivity contribution in [3.8, 4) is 0 Å². The summed E-state index contributed by atoms with van der Waals surface area (Å²) in [6.07, 6.45) is 5.58. The Balaban J connectivity index is 2.33. The van der Waals surface area contributed by atoms with E-state index in [0.717, 1.165) is 44.2 Å². The lowest BCUT2D eigenvalue weighted by atomic mass is 10.1. The Kier molecular flexibility index (Phi) is 7.76. The molecule has 0 aromatic heterocycles. The summed E-state index contributed by atoms with van der Waals surface area (Å²) >= 11 is 0. The van der Waals surface area contributed by atoms with Gasteiger partial charge in [-0.25, -0.2) is 9.59 Å². The van der Waals surface area contributed by atoms with Crippen molar-refractivity contribution >= 4 is 17.6 Å². The highest BCUT2D eigenvalue weighted by molar-refractivity contribution is 6.02. The van der Waals surface area contributed by atoms with Crippen molar-refractivity contribution in [2.75, 3.05) is 18.1 Å². The molecule has 25 heavy (non-hydrogen) atoms. The standard InChI is InChI=1S/C20H29NO4/c1-3-14-24-19(22)18(20(23)25-15-4-2)21(17-12-8-9-13-17)16-10-6-5-7-11-16/h5-7,10-11,17-18H,3-4,8-9,12-15H2,1-2H3. The first kappa shape index (κ1) is 19.3. The van der Waals surface area contributed by atoms with Crippen LogP contribution in [-0.2, 0) is 19.1 Å². The highest BCUT2D eigenvalue weighted by Gasteiger charge is 2.40. The molecule has 1 aliphatic carbocycles.